The van der Waals surface area contributed by atoms with Gasteiger partial charge in [-0.15, -0.1) is 0 Å². The molecule has 1 aliphatic rings. The van der Waals surface area contributed by atoms with Crippen molar-refractivity contribution < 1.29 is 23.8 Å². The molecule has 0 fully saturated rings. The zero-order valence-corrected chi connectivity index (χ0v) is 20.6. The minimum atomic E-state index is -0.544. The van der Waals surface area contributed by atoms with Crippen LogP contribution in [0.4, 0.5) is 11.4 Å². The summed E-state index contributed by atoms with van der Waals surface area (Å²) in [5, 5.41) is 2.62. The topological polar surface area (TPSA) is 89.5 Å². The van der Waals surface area contributed by atoms with Gasteiger partial charge in [0.2, 0.25) is 11.5 Å². The summed E-state index contributed by atoms with van der Waals surface area (Å²) >= 11 is 6.30. The molecule has 3 rings (SSSR count). The number of carbonyl (C=O) groups excluding carboxylic acids is 2. The number of nitrogens with one attached hydrogen (secondary N) is 1. The zero-order valence-electron chi connectivity index (χ0n) is 19.9. The van der Waals surface area contributed by atoms with Gasteiger partial charge >= 0.3 is 0 Å². The number of ketones is 1. The van der Waals surface area contributed by atoms with Crippen molar-refractivity contribution >= 4 is 40.4 Å². The van der Waals surface area contributed by atoms with Crippen molar-refractivity contribution in [3.63, 3.8) is 0 Å². The van der Waals surface area contributed by atoms with Crippen LogP contribution in [0.15, 0.2) is 63.8 Å². The average Bonchev–Trinajstić information content (AvgIpc) is 2.84. The van der Waals surface area contributed by atoms with Gasteiger partial charge in [0.15, 0.2) is 11.5 Å². The Morgan fingerprint density at radius 3 is 2.06 bits per heavy atom. The van der Waals surface area contributed by atoms with Crippen molar-refractivity contribution in [1.29, 1.82) is 0 Å². The second kappa shape index (κ2) is 11.6. The zero-order chi connectivity index (χ0) is 25.0. The van der Waals surface area contributed by atoms with Gasteiger partial charge in [-0.05, 0) is 55.0 Å². The third kappa shape index (κ3) is 5.84. The summed E-state index contributed by atoms with van der Waals surface area (Å²) in [5.74, 6) is -0.0634. The summed E-state index contributed by atoms with van der Waals surface area (Å²) < 4.78 is 15.9. The molecule has 0 radical (unpaired) electrons. The molecule has 0 saturated carbocycles. The number of ether oxygens (including phenoxy) is 3. The highest BCUT2D eigenvalue weighted by molar-refractivity contribution is 6.49. The van der Waals surface area contributed by atoms with Gasteiger partial charge in [0, 0.05) is 25.3 Å². The number of anilines is 1. The van der Waals surface area contributed by atoms with Crippen LogP contribution >= 0.6 is 11.6 Å². The van der Waals surface area contributed by atoms with Gasteiger partial charge in [-0.3, -0.25) is 9.59 Å². The maximum atomic E-state index is 13.0. The Kier molecular flexibility index (Phi) is 9.08. The van der Waals surface area contributed by atoms with Crippen LogP contribution in [0, 0.1) is 0 Å². The van der Waals surface area contributed by atoms with E-state index in [0.29, 0.717) is 34.2 Å². The summed E-state index contributed by atoms with van der Waals surface area (Å²) in [6.07, 6.45) is 1.51. The van der Waals surface area contributed by atoms with E-state index in [-0.39, 0.29) is 23.7 Å². The molecule has 9 heteroatoms. The molecular formula is C26H30ClN3O5. The third-order valence-electron chi connectivity index (χ3n) is 5.23. The van der Waals surface area contributed by atoms with Crippen LogP contribution in [0.1, 0.15) is 24.7 Å². The standard InChI is InChI=1S/C25H26ClN3O5.CH4/c1-14-18(27-16-7-9-17(10-8-16)29(2)3)13-19(23(30)22(14)26)28-25(31)15-11-20(32-4)24(34-6)21(12-15)33-5;/h7-13H,1-6H3,(H,28,31);1H4. The van der Waals surface area contributed by atoms with Crippen molar-refractivity contribution in [1.82, 2.24) is 5.32 Å². The molecule has 0 unspecified atom stereocenters. The Morgan fingerprint density at radius 2 is 1.57 bits per heavy atom. The molecule has 1 amide bonds. The predicted molar refractivity (Wildman–Crippen MR) is 140 cm³/mol. The van der Waals surface area contributed by atoms with E-state index in [1.807, 2.05) is 43.3 Å². The lowest BCUT2D eigenvalue weighted by Crippen LogP contribution is -2.31. The second-order valence-corrected chi connectivity index (χ2v) is 7.98. The molecule has 1 aliphatic carbocycles. The fourth-order valence-electron chi connectivity index (χ4n) is 3.29. The number of rotatable bonds is 7. The molecule has 35 heavy (non-hydrogen) atoms. The normalized spacial score (nSPS) is 14.2. The molecular weight excluding hydrogens is 470 g/mol. The summed E-state index contributed by atoms with van der Waals surface area (Å²) in [7, 11) is 8.27. The van der Waals surface area contributed by atoms with E-state index in [1.165, 1.54) is 39.5 Å². The first-order valence-corrected chi connectivity index (χ1v) is 10.7. The van der Waals surface area contributed by atoms with Crippen molar-refractivity contribution in [2.75, 3.05) is 40.3 Å². The van der Waals surface area contributed by atoms with Gasteiger partial charge in [-0.25, -0.2) is 4.99 Å². The number of Topliss-reactive ketones (excluding diaryl/α,β-unsaturated/α-hetero) is 1. The second-order valence-electron chi connectivity index (χ2n) is 7.60. The predicted octanol–water partition coefficient (Wildman–Crippen LogP) is 4.90. The van der Waals surface area contributed by atoms with E-state index in [0.717, 1.165) is 5.69 Å². The lowest BCUT2D eigenvalue weighted by molar-refractivity contribution is -0.112. The van der Waals surface area contributed by atoms with E-state index < -0.39 is 11.7 Å². The van der Waals surface area contributed by atoms with Crippen LogP contribution < -0.4 is 24.4 Å². The number of carbonyl (C=O) groups is 2. The fraction of sp³-hybridized carbons (Fsp3) is 0.269. The van der Waals surface area contributed by atoms with Gasteiger partial charge in [-0.2, -0.15) is 0 Å². The smallest absolute Gasteiger partial charge is 0.256 e. The molecule has 0 saturated heterocycles. The number of hydrogen-bond donors (Lipinski definition) is 1. The number of halogens is 1. The first-order valence-electron chi connectivity index (χ1n) is 10.3. The SMILES string of the molecule is C.COc1cc(C(=O)NC2=CC(=Nc3ccc(N(C)C)cc3)C(C)=C(Cl)C2=O)cc(OC)c1OC. The number of allylic oxidation sites excluding steroid dienone is 3. The lowest BCUT2D eigenvalue weighted by atomic mass is 10.0. The summed E-state index contributed by atoms with van der Waals surface area (Å²) in [5.41, 5.74) is 2.94. The van der Waals surface area contributed by atoms with E-state index in [2.05, 4.69) is 10.3 Å². The molecule has 186 valence electrons. The lowest BCUT2D eigenvalue weighted by Gasteiger charge is -2.18. The van der Waals surface area contributed by atoms with Crippen molar-refractivity contribution in [3.8, 4) is 17.2 Å². The molecule has 0 bridgehead atoms. The Balaban J connectivity index is 0.00000432. The van der Waals surface area contributed by atoms with Gasteiger partial charge in [-0.1, -0.05) is 19.0 Å². The first kappa shape index (κ1) is 27.5. The van der Waals surface area contributed by atoms with Crippen LogP contribution in [0.5, 0.6) is 17.2 Å². The summed E-state index contributed by atoms with van der Waals surface area (Å²) in [6, 6.07) is 10.6. The monoisotopic (exact) mass is 499 g/mol. The number of methoxy groups -OCH3 is 3. The number of benzene rings is 2. The summed E-state index contributed by atoms with van der Waals surface area (Å²) in [6.45, 7) is 1.71. The van der Waals surface area contributed by atoms with Crippen LogP contribution in [-0.4, -0.2) is 52.8 Å². The number of nitrogens with zero attached hydrogens (tertiary/aromatic N) is 2. The molecule has 0 spiro atoms. The van der Waals surface area contributed by atoms with E-state index in [4.69, 9.17) is 25.8 Å². The van der Waals surface area contributed by atoms with E-state index in [9.17, 15) is 9.59 Å². The molecule has 0 aromatic heterocycles. The van der Waals surface area contributed by atoms with Crippen LogP contribution in [-0.2, 0) is 4.79 Å². The quantitative estimate of drug-likeness (QED) is 0.545. The van der Waals surface area contributed by atoms with Gasteiger partial charge < -0.3 is 24.4 Å². The van der Waals surface area contributed by atoms with E-state index in [1.54, 1.807) is 6.92 Å². The fourth-order valence-corrected chi connectivity index (χ4v) is 3.49. The highest BCUT2D eigenvalue weighted by Crippen LogP contribution is 2.38. The molecule has 2 aromatic rings. The van der Waals surface area contributed by atoms with Crippen molar-refractivity contribution in [2.45, 2.75) is 14.4 Å². The Bertz CT molecular complexity index is 1190. The van der Waals surface area contributed by atoms with Gasteiger partial charge in [0.05, 0.1) is 43.5 Å². The van der Waals surface area contributed by atoms with Crippen molar-refractivity contribution in [3.05, 3.63) is 64.3 Å². The highest BCUT2D eigenvalue weighted by atomic mass is 35.5. The summed E-state index contributed by atoms with van der Waals surface area (Å²) in [4.78, 5) is 32.3. The van der Waals surface area contributed by atoms with E-state index >= 15 is 0 Å². The molecule has 0 aliphatic heterocycles. The van der Waals surface area contributed by atoms with Gasteiger partial charge in [0.1, 0.15) is 0 Å². The largest absolute Gasteiger partial charge is 0.493 e. The third-order valence-corrected chi connectivity index (χ3v) is 5.68. The number of aliphatic imine (C=N–C) groups is 1. The number of hydrogen-bond acceptors (Lipinski definition) is 7. The Hall–Kier alpha value is -3.78. The maximum Gasteiger partial charge on any atom is 0.256 e. The maximum absolute atomic E-state index is 13.0. The van der Waals surface area contributed by atoms with Crippen LogP contribution in [0.25, 0.3) is 0 Å². The molecule has 0 heterocycles. The minimum absolute atomic E-state index is 0. The first-order chi connectivity index (χ1) is 16.2. The molecule has 0 atom stereocenters. The Morgan fingerprint density at radius 1 is 1.00 bits per heavy atom. The molecule has 1 N–H and O–H groups in total. The highest BCUT2D eigenvalue weighted by Gasteiger charge is 2.26. The van der Waals surface area contributed by atoms with Crippen LogP contribution in [0.2, 0.25) is 0 Å². The van der Waals surface area contributed by atoms with Crippen LogP contribution in [0.3, 0.4) is 0 Å². The van der Waals surface area contributed by atoms with Crippen molar-refractivity contribution in [2.24, 2.45) is 4.99 Å². The number of amides is 1. The molecule has 8 nitrogen and oxygen atoms in total. The minimum Gasteiger partial charge on any atom is -0.493 e. The Labute approximate surface area is 210 Å². The molecule has 2 aromatic carbocycles. The average molecular weight is 500 g/mol. The van der Waals surface area contributed by atoms with Gasteiger partial charge in [0.25, 0.3) is 5.91 Å².